The van der Waals surface area contributed by atoms with Crippen LogP contribution >= 0.6 is 0 Å². The standard InChI is InChI=1S/C15H23NO3/c1-19-14(17)9-13-4-2-3-5-16(13)15(18)12-7-10-6-11(10)8-12/h10-13H,2-9H2,1H3. The molecule has 3 aliphatic rings. The number of methoxy groups -OCH3 is 1. The van der Waals surface area contributed by atoms with E-state index in [1.807, 2.05) is 4.90 Å². The fourth-order valence-corrected chi connectivity index (χ4v) is 3.93. The van der Waals surface area contributed by atoms with Crippen LogP contribution in [0, 0.1) is 17.8 Å². The van der Waals surface area contributed by atoms with Gasteiger partial charge in [0, 0.05) is 18.5 Å². The molecule has 0 aromatic carbocycles. The molecule has 4 nitrogen and oxygen atoms in total. The van der Waals surface area contributed by atoms with E-state index in [0.717, 1.165) is 50.5 Å². The van der Waals surface area contributed by atoms with Gasteiger partial charge in [-0.3, -0.25) is 9.59 Å². The summed E-state index contributed by atoms with van der Waals surface area (Å²) >= 11 is 0. The molecule has 0 spiro atoms. The Hall–Kier alpha value is -1.06. The molecule has 3 atom stereocenters. The molecule has 0 N–H and O–H groups in total. The molecule has 0 aromatic heterocycles. The summed E-state index contributed by atoms with van der Waals surface area (Å²) in [4.78, 5) is 26.1. The fraction of sp³-hybridized carbons (Fsp3) is 0.867. The molecule has 3 fully saturated rings. The molecule has 2 saturated carbocycles. The maximum atomic E-state index is 12.6. The first-order valence-corrected chi connectivity index (χ1v) is 7.56. The second-order valence-corrected chi connectivity index (χ2v) is 6.39. The third-order valence-electron chi connectivity index (χ3n) is 5.13. The number of ether oxygens (including phenoxy) is 1. The topological polar surface area (TPSA) is 46.6 Å². The molecule has 3 rings (SSSR count). The van der Waals surface area contributed by atoms with E-state index in [2.05, 4.69) is 0 Å². The molecule has 0 radical (unpaired) electrons. The molecule has 19 heavy (non-hydrogen) atoms. The van der Waals surface area contributed by atoms with Gasteiger partial charge < -0.3 is 9.64 Å². The van der Waals surface area contributed by atoms with Gasteiger partial charge in [-0.05, 0) is 50.4 Å². The van der Waals surface area contributed by atoms with Gasteiger partial charge in [0.2, 0.25) is 5.91 Å². The summed E-state index contributed by atoms with van der Waals surface area (Å²) in [6.07, 6.45) is 7.01. The monoisotopic (exact) mass is 265 g/mol. The average Bonchev–Trinajstić information content (AvgIpc) is 3.05. The first-order chi connectivity index (χ1) is 9.19. The van der Waals surface area contributed by atoms with Crippen LogP contribution in [0.5, 0.6) is 0 Å². The Balaban J connectivity index is 1.62. The van der Waals surface area contributed by atoms with Crippen LogP contribution in [-0.2, 0) is 14.3 Å². The SMILES string of the molecule is COC(=O)CC1CCCCN1C(=O)C1CC2CC2C1. The van der Waals surface area contributed by atoms with Gasteiger partial charge in [0.1, 0.15) is 0 Å². The maximum absolute atomic E-state index is 12.6. The van der Waals surface area contributed by atoms with Crippen molar-refractivity contribution in [1.29, 1.82) is 0 Å². The van der Waals surface area contributed by atoms with Crippen molar-refractivity contribution >= 4 is 11.9 Å². The molecular formula is C15H23NO3. The number of hydrogen-bond donors (Lipinski definition) is 0. The van der Waals surface area contributed by atoms with Gasteiger partial charge in [-0.2, -0.15) is 0 Å². The van der Waals surface area contributed by atoms with Crippen molar-refractivity contribution in [3.05, 3.63) is 0 Å². The van der Waals surface area contributed by atoms with E-state index in [9.17, 15) is 9.59 Å². The summed E-state index contributed by atoms with van der Waals surface area (Å²) in [6.45, 7) is 0.826. The molecule has 0 aromatic rings. The summed E-state index contributed by atoms with van der Waals surface area (Å²) in [6, 6.07) is 0.0747. The second-order valence-electron chi connectivity index (χ2n) is 6.39. The van der Waals surface area contributed by atoms with Gasteiger partial charge in [0.05, 0.1) is 13.5 Å². The molecule has 0 bridgehead atoms. The molecule has 1 saturated heterocycles. The van der Waals surface area contributed by atoms with Crippen LogP contribution in [0.2, 0.25) is 0 Å². The third kappa shape index (κ3) is 2.63. The molecule has 4 heteroatoms. The van der Waals surface area contributed by atoms with Crippen LogP contribution in [0.25, 0.3) is 0 Å². The number of nitrogens with zero attached hydrogens (tertiary/aromatic N) is 1. The molecule has 1 amide bonds. The number of piperidine rings is 1. The molecule has 3 unspecified atom stereocenters. The van der Waals surface area contributed by atoms with Gasteiger partial charge in [-0.15, -0.1) is 0 Å². The average molecular weight is 265 g/mol. The number of fused-ring (bicyclic) bond motifs is 1. The quantitative estimate of drug-likeness (QED) is 0.733. The predicted octanol–water partition coefficient (Wildman–Crippen LogP) is 1.98. The highest BCUT2D eigenvalue weighted by Crippen LogP contribution is 2.54. The van der Waals surface area contributed by atoms with E-state index in [4.69, 9.17) is 4.74 Å². The van der Waals surface area contributed by atoms with Crippen LogP contribution in [0.3, 0.4) is 0 Å². The van der Waals surface area contributed by atoms with Crippen molar-refractivity contribution in [3.8, 4) is 0 Å². The highest BCUT2D eigenvalue weighted by atomic mass is 16.5. The minimum atomic E-state index is -0.195. The predicted molar refractivity (Wildman–Crippen MR) is 70.3 cm³/mol. The molecule has 1 aliphatic heterocycles. The largest absolute Gasteiger partial charge is 0.469 e. The Bertz CT molecular complexity index is 372. The second kappa shape index (κ2) is 5.14. The van der Waals surface area contributed by atoms with E-state index in [1.54, 1.807) is 0 Å². The van der Waals surface area contributed by atoms with Crippen LogP contribution in [0.15, 0.2) is 0 Å². The fourth-order valence-electron chi connectivity index (χ4n) is 3.93. The first-order valence-electron chi connectivity index (χ1n) is 7.56. The summed E-state index contributed by atoms with van der Waals surface area (Å²) in [5.41, 5.74) is 0. The third-order valence-corrected chi connectivity index (χ3v) is 5.13. The van der Waals surface area contributed by atoms with E-state index in [1.165, 1.54) is 13.5 Å². The van der Waals surface area contributed by atoms with Crippen LogP contribution in [-0.4, -0.2) is 36.5 Å². The summed E-state index contributed by atoms with van der Waals surface area (Å²) in [5.74, 6) is 2.01. The Morgan fingerprint density at radius 3 is 2.58 bits per heavy atom. The highest BCUT2D eigenvalue weighted by molar-refractivity contribution is 5.81. The summed E-state index contributed by atoms with van der Waals surface area (Å²) in [5, 5.41) is 0. The Kier molecular flexibility index (Phi) is 3.50. The van der Waals surface area contributed by atoms with Crippen molar-refractivity contribution in [1.82, 2.24) is 4.90 Å². The van der Waals surface area contributed by atoms with Crippen LogP contribution in [0.1, 0.15) is 44.9 Å². The zero-order valence-corrected chi connectivity index (χ0v) is 11.6. The lowest BCUT2D eigenvalue weighted by atomic mass is 9.95. The Morgan fingerprint density at radius 1 is 1.16 bits per heavy atom. The number of likely N-dealkylation sites (tertiary alicyclic amines) is 1. The smallest absolute Gasteiger partial charge is 0.307 e. The summed E-state index contributed by atoms with van der Waals surface area (Å²) < 4.78 is 4.75. The normalized spacial score (nSPS) is 36.8. The van der Waals surface area contributed by atoms with E-state index in [0.29, 0.717) is 12.3 Å². The van der Waals surface area contributed by atoms with Gasteiger partial charge in [-0.1, -0.05) is 0 Å². The van der Waals surface area contributed by atoms with Gasteiger partial charge >= 0.3 is 5.97 Å². The van der Waals surface area contributed by atoms with E-state index < -0.39 is 0 Å². The zero-order valence-electron chi connectivity index (χ0n) is 11.6. The van der Waals surface area contributed by atoms with Crippen LogP contribution < -0.4 is 0 Å². The number of amides is 1. The number of hydrogen-bond acceptors (Lipinski definition) is 3. The minimum Gasteiger partial charge on any atom is -0.469 e. The van der Waals surface area contributed by atoms with Crippen molar-refractivity contribution in [3.63, 3.8) is 0 Å². The molecular weight excluding hydrogens is 242 g/mol. The van der Waals surface area contributed by atoms with Crippen molar-refractivity contribution in [2.45, 2.75) is 51.0 Å². The number of carbonyl (C=O) groups is 2. The lowest BCUT2D eigenvalue weighted by Gasteiger charge is -2.37. The van der Waals surface area contributed by atoms with Gasteiger partial charge in [0.25, 0.3) is 0 Å². The highest BCUT2D eigenvalue weighted by Gasteiger charge is 2.49. The maximum Gasteiger partial charge on any atom is 0.307 e. The van der Waals surface area contributed by atoms with E-state index in [-0.39, 0.29) is 17.9 Å². The van der Waals surface area contributed by atoms with Crippen LogP contribution in [0.4, 0.5) is 0 Å². The van der Waals surface area contributed by atoms with Crippen molar-refractivity contribution < 1.29 is 14.3 Å². The zero-order chi connectivity index (χ0) is 13.4. The molecule has 106 valence electrons. The first kappa shape index (κ1) is 12.9. The number of carbonyl (C=O) groups excluding carboxylic acids is 2. The van der Waals surface area contributed by atoms with Crippen molar-refractivity contribution in [2.24, 2.45) is 17.8 Å². The molecule has 1 heterocycles. The summed E-state index contributed by atoms with van der Waals surface area (Å²) in [7, 11) is 1.42. The Morgan fingerprint density at radius 2 is 1.89 bits per heavy atom. The van der Waals surface area contributed by atoms with Gasteiger partial charge in [0.15, 0.2) is 0 Å². The minimum absolute atomic E-state index is 0.0747. The number of esters is 1. The van der Waals surface area contributed by atoms with Gasteiger partial charge in [-0.25, -0.2) is 0 Å². The van der Waals surface area contributed by atoms with E-state index >= 15 is 0 Å². The lowest BCUT2D eigenvalue weighted by Crippen LogP contribution is -2.47. The Labute approximate surface area is 114 Å². The lowest BCUT2D eigenvalue weighted by molar-refractivity contribution is -0.146. The molecule has 2 aliphatic carbocycles. The number of rotatable bonds is 3. The van der Waals surface area contributed by atoms with Crippen molar-refractivity contribution in [2.75, 3.05) is 13.7 Å².